The minimum Gasteiger partial charge on any atom is -0.493 e. The summed E-state index contributed by atoms with van der Waals surface area (Å²) in [7, 11) is 1.58. The molecule has 2 amide bonds. The van der Waals surface area contributed by atoms with Gasteiger partial charge in [0.1, 0.15) is 5.75 Å². The Labute approximate surface area is 216 Å². The number of benzene rings is 2. The zero-order chi connectivity index (χ0) is 26.6. The number of aliphatic carboxylic acids is 1. The molecule has 1 aliphatic carbocycles. The van der Waals surface area contributed by atoms with Crippen molar-refractivity contribution < 1.29 is 29.0 Å². The molecule has 194 valence electrons. The number of nitrogens with one attached hydrogen (secondary N) is 2. The third-order valence-corrected chi connectivity index (χ3v) is 7.09. The lowest BCUT2D eigenvalue weighted by atomic mass is 9.86. The van der Waals surface area contributed by atoms with E-state index in [2.05, 4.69) is 15.5 Å². The molecule has 0 radical (unpaired) electrons. The molecule has 2 aromatic rings. The molecule has 37 heavy (non-hydrogen) atoms. The Kier molecular flexibility index (Phi) is 7.79. The predicted molar refractivity (Wildman–Crippen MR) is 137 cm³/mol. The molecule has 2 aliphatic rings. The van der Waals surface area contributed by atoms with Crippen LogP contribution in [-0.2, 0) is 26.2 Å². The van der Waals surface area contributed by atoms with Crippen molar-refractivity contribution in [3.63, 3.8) is 0 Å². The van der Waals surface area contributed by atoms with Crippen LogP contribution in [0.25, 0.3) is 4.85 Å². The normalized spacial score (nSPS) is 20.2. The molecule has 0 saturated heterocycles. The summed E-state index contributed by atoms with van der Waals surface area (Å²) < 4.78 is 10.9. The Morgan fingerprint density at radius 1 is 1.27 bits per heavy atom. The summed E-state index contributed by atoms with van der Waals surface area (Å²) in [6.45, 7) is 10.1. The second kappa shape index (κ2) is 11.0. The smallest absolute Gasteiger partial charge is 0.303 e. The summed E-state index contributed by atoms with van der Waals surface area (Å²) in [6, 6.07) is 10.3. The van der Waals surface area contributed by atoms with E-state index in [1.807, 2.05) is 13.0 Å². The first-order valence-electron chi connectivity index (χ1n) is 12.4. The molecule has 1 heterocycles. The average molecular weight is 506 g/mol. The maximum absolute atomic E-state index is 13.4. The summed E-state index contributed by atoms with van der Waals surface area (Å²) in [5.74, 6) is -0.853. The fourth-order valence-corrected chi connectivity index (χ4v) is 5.10. The van der Waals surface area contributed by atoms with Crippen molar-refractivity contribution in [1.82, 2.24) is 5.32 Å². The molecular weight excluding hydrogens is 474 g/mol. The molecule has 3 N–H and O–H groups in total. The molecule has 1 aliphatic heterocycles. The predicted octanol–water partition coefficient (Wildman–Crippen LogP) is 4.09. The van der Waals surface area contributed by atoms with Gasteiger partial charge in [0.15, 0.2) is 5.69 Å². The van der Waals surface area contributed by atoms with Gasteiger partial charge in [-0.15, -0.1) is 0 Å². The molecular formula is C28H31N3O6. The van der Waals surface area contributed by atoms with Crippen LogP contribution in [0.3, 0.4) is 0 Å². The van der Waals surface area contributed by atoms with Gasteiger partial charge in [-0.25, -0.2) is 4.85 Å². The van der Waals surface area contributed by atoms with Gasteiger partial charge in [0.05, 0.1) is 19.8 Å². The number of fused-ring (bicyclic) bond motifs is 2. The maximum atomic E-state index is 13.4. The fourth-order valence-electron chi connectivity index (χ4n) is 5.10. The lowest BCUT2D eigenvalue weighted by Crippen LogP contribution is -2.36. The minimum absolute atomic E-state index is 0.0284. The minimum atomic E-state index is -0.873. The van der Waals surface area contributed by atoms with Crippen LogP contribution >= 0.6 is 0 Å². The van der Waals surface area contributed by atoms with Gasteiger partial charge in [-0.2, -0.15) is 0 Å². The summed E-state index contributed by atoms with van der Waals surface area (Å²) in [6.07, 6.45) is 2.24. The number of carbonyl (C=O) groups is 3. The van der Waals surface area contributed by atoms with Crippen molar-refractivity contribution in [2.45, 2.75) is 50.5 Å². The number of methoxy groups -OCH3 is 1. The van der Waals surface area contributed by atoms with Gasteiger partial charge in [-0.1, -0.05) is 12.1 Å². The number of carboxylic acids is 1. The van der Waals surface area contributed by atoms with E-state index >= 15 is 0 Å². The topological polar surface area (TPSA) is 118 Å². The number of anilines is 1. The van der Waals surface area contributed by atoms with Gasteiger partial charge in [-0.05, 0) is 62.4 Å². The molecule has 1 spiro atoms. The van der Waals surface area contributed by atoms with E-state index < -0.39 is 11.4 Å². The Bertz CT molecular complexity index is 1250. The quantitative estimate of drug-likeness (QED) is 0.419. The highest BCUT2D eigenvalue weighted by atomic mass is 16.5. The van der Waals surface area contributed by atoms with Gasteiger partial charge >= 0.3 is 5.97 Å². The van der Waals surface area contributed by atoms with Gasteiger partial charge < -0.3 is 25.2 Å². The van der Waals surface area contributed by atoms with Crippen LogP contribution in [0.15, 0.2) is 36.4 Å². The van der Waals surface area contributed by atoms with Crippen molar-refractivity contribution in [3.05, 3.63) is 64.5 Å². The highest BCUT2D eigenvalue weighted by Crippen LogP contribution is 2.61. The van der Waals surface area contributed by atoms with Crippen LogP contribution in [0.5, 0.6) is 5.75 Å². The van der Waals surface area contributed by atoms with Gasteiger partial charge in [-0.3, -0.25) is 14.4 Å². The zero-order valence-electron chi connectivity index (χ0n) is 21.0. The fraction of sp³-hybridized carbons (Fsp3) is 0.429. The number of amides is 2. The van der Waals surface area contributed by atoms with Crippen LogP contribution < -0.4 is 15.4 Å². The molecule has 2 aromatic carbocycles. The molecule has 0 aromatic heterocycles. The summed E-state index contributed by atoms with van der Waals surface area (Å²) in [5, 5.41) is 14.9. The summed E-state index contributed by atoms with van der Waals surface area (Å²) >= 11 is 0. The molecule has 3 atom stereocenters. The highest BCUT2D eigenvalue weighted by Gasteiger charge is 2.61. The largest absolute Gasteiger partial charge is 0.493 e. The monoisotopic (exact) mass is 505 g/mol. The van der Waals surface area contributed by atoms with E-state index in [-0.39, 0.29) is 30.2 Å². The number of rotatable bonds is 10. The average Bonchev–Trinajstić information content (AvgIpc) is 3.59. The number of carboxylic acid groups (broad SMARTS) is 1. The van der Waals surface area contributed by atoms with Crippen LogP contribution in [0.1, 0.15) is 54.1 Å². The lowest BCUT2D eigenvalue weighted by Gasteiger charge is -2.27. The van der Waals surface area contributed by atoms with Crippen LogP contribution in [0, 0.1) is 12.5 Å². The Morgan fingerprint density at radius 2 is 2.08 bits per heavy atom. The molecule has 1 saturated carbocycles. The van der Waals surface area contributed by atoms with Gasteiger partial charge in [0.25, 0.3) is 5.91 Å². The number of aryl methyl sites for hydroxylation is 1. The van der Waals surface area contributed by atoms with Crippen molar-refractivity contribution in [2.24, 2.45) is 5.92 Å². The lowest BCUT2D eigenvalue weighted by molar-refractivity contribution is -0.137. The standard InChI is InChI=1S/C28H31N3O6/c1-17(16-36-3)30-26(34)19-8-10-24-21(13-19)28(11-12-37-24)15-22(28)27(35)31-23-14-20(29-2)9-7-18(23)5-4-6-25(32)33/h7-10,13-14,17,22H,4-6,11-12,15-16H2,1,3H3,(H,30,34)(H,31,35)(H,32,33)/t17-,22-,28-/m0/s1. The van der Waals surface area contributed by atoms with E-state index in [0.29, 0.717) is 61.6 Å². The van der Waals surface area contributed by atoms with Gasteiger partial charge in [0.2, 0.25) is 5.91 Å². The van der Waals surface area contributed by atoms with Crippen LogP contribution in [0.2, 0.25) is 0 Å². The van der Waals surface area contributed by atoms with Crippen molar-refractivity contribution in [1.29, 1.82) is 0 Å². The summed E-state index contributed by atoms with van der Waals surface area (Å²) in [4.78, 5) is 40.6. The summed E-state index contributed by atoms with van der Waals surface area (Å²) in [5.41, 5.74) is 2.70. The number of nitrogens with zero attached hydrogens (tertiary/aromatic N) is 1. The first-order chi connectivity index (χ1) is 17.8. The molecule has 0 unspecified atom stereocenters. The van der Waals surface area contributed by atoms with E-state index in [9.17, 15) is 14.4 Å². The first kappa shape index (κ1) is 26.2. The molecule has 9 heteroatoms. The number of ether oxygens (including phenoxy) is 2. The SMILES string of the molecule is [C-]#[N+]c1ccc(CCCC(=O)O)c(NC(=O)[C@@H]2C[C@]23CCOc2ccc(C(=O)N[C@@H](C)COC)cc23)c1. The third-order valence-electron chi connectivity index (χ3n) is 7.09. The van der Waals surface area contributed by atoms with E-state index in [0.717, 1.165) is 11.1 Å². The zero-order valence-corrected chi connectivity index (χ0v) is 21.0. The molecule has 9 nitrogen and oxygen atoms in total. The second-order valence-corrected chi connectivity index (χ2v) is 9.74. The maximum Gasteiger partial charge on any atom is 0.303 e. The number of carbonyl (C=O) groups excluding carboxylic acids is 2. The molecule has 4 rings (SSSR count). The molecule has 1 fully saturated rings. The van der Waals surface area contributed by atoms with E-state index in [4.69, 9.17) is 21.2 Å². The van der Waals surface area contributed by atoms with Crippen molar-refractivity contribution in [2.75, 3.05) is 25.6 Å². The van der Waals surface area contributed by atoms with Crippen molar-refractivity contribution >= 4 is 29.2 Å². The number of hydrogen-bond acceptors (Lipinski definition) is 5. The van der Waals surface area contributed by atoms with Gasteiger partial charge in [0, 0.05) is 47.7 Å². The number of hydrogen-bond donors (Lipinski definition) is 3. The van der Waals surface area contributed by atoms with Crippen LogP contribution in [0.4, 0.5) is 11.4 Å². The molecule has 0 bridgehead atoms. The van der Waals surface area contributed by atoms with E-state index in [1.165, 1.54) is 0 Å². The Balaban J connectivity index is 1.53. The highest BCUT2D eigenvalue weighted by molar-refractivity contribution is 5.98. The van der Waals surface area contributed by atoms with Crippen LogP contribution in [-0.4, -0.2) is 49.3 Å². The first-order valence-corrected chi connectivity index (χ1v) is 12.4. The van der Waals surface area contributed by atoms with Crippen molar-refractivity contribution in [3.8, 4) is 5.75 Å². The second-order valence-electron chi connectivity index (χ2n) is 9.74. The van der Waals surface area contributed by atoms with E-state index in [1.54, 1.807) is 37.4 Å². The third kappa shape index (κ3) is 5.75. The Morgan fingerprint density at radius 3 is 2.81 bits per heavy atom. The Hall–Kier alpha value is -3.90.